The summed E-state index contributed by atoms with van der Waals surface area (Å²) in [6.07, 6.45) is 3.00. The van der Waals surface area contributed by atoms with E-state index >= 15 is 0 Å². The number of rotatable bonds is 3. The van der Waals surface area contributed by atoms with Gasteiger partial charge in [-0.1, -0.05) is 0 Å². The van der Waals surface area contributed by atoms with Gasteiger partial charge in [0.25, 0.3) is 0 Å². The van der Waals surface area contributed by atoms with E-state index in [4.69, 9.17) is 15.6 Å². The van der Waals surface area contributed by atoms with Gasteiger partial charge in [-0.15, -0.1) is 0 Å². The molecule has 0 aromatic rings. The van der Waals surface area contributed by atoms with E-state index < -0.39 is 0 Å². The van der Waals surface area contributed by atoms with E-state index in [0.29, 0.717) is 18.8 Å². The maximum Gasteiger partial charge on any atom is 0.0745 e. The number of hydrogen-bond acceptors (Lipinski definition) is 3. The summed E-state index contributed by atoms with van der Waals surface area (Å²) in [7, 11) is 0. The van der Waals surface area contributed by atoms with Crippen molar-refractivity contribution in [3.63, 3.8) is 0 Å². The summed E-state index contributed by atoms with van der Waals surface area (Å²) < 4.78 is 5.40. The third-order valence-electron chi connectivity index (χ3n) is 2.00. The first-order valence-electron chi connectivity index (χ1n) is 4.23. The highest BCUT2D eigenvalue weighted by molar-refractivity contribution is 4.78. The monoisotopic (exact) mass is 159 g/mol. The zero-order valence-electron chi connectivity index (χ0n) is 6.99. The maximum absolute atomic E-state index is 8.92. The van der Waals surface area contributed by atoms with E-state index in [1.54, 1.807) is 6.92 Å². The Labute approximate surface area is 67.5 Å². The summed E-state index contributed by atoms with van der Waals surface area (Å²) in [4.78, 5) is 0. The highest BCUT2D eigenvalue weighted by Gasteiger charge is 2.22. The molecule has 0 aromatic heterocycles. The van der Waals surface area contributed by atoms with Crippen molar-refractivity contribution in [1.29, 1.82) is 0 Å². The second-order valence-electron chi connectivity index (χ2n) is 3.38. The molecule has 1 fully saturated rings. The third kappa shape index (κ3) is 3.18. The minimum Gasteiger partial charge on any atom is -0.391 e. The fourth-order valence-corrected chi connectivity index (χ4v) is 1.40. The molecule has 1 rings (SSSR count). The van der Waals surface area contributed by atoms with Gasteiger partial charge in [0, 0.05) is 6.04 Å². The lowest BCUT2D eigenvalue weighted by Gasteiger charge is -2.12. The van der Waals surface area contributed by atoms with Crippen LogP contribution in [0.15, 0.2) is 0 Å². The zero-order valence-corrected chi connectivity index (χ0v) is 6.99. The summed E-state index contributed by atoms with van der Waals surface area (Å²) >= 11 is 0. The van der Waals surface area contributed by atoms with Crippen LogP contribution in [0.1, 0.15) is 26.2 Å². The van der Waals surface area contributed by atoms with Crippen molar-refractivity contribution in [2.45, 2.75) is 44.4 Å². The summed E-state index contributed by atoms with van der Waals surface area (Å²) in [6, 6.07) is 0.314. The van der Waals surface area contributed by atoms with Gasteiger partial charge in [-0.25, -0.2) is 0 Å². The van der Waals surface area contributed by atoms with Gasteiger partial charge in [0.2, 0.25) is 0 Å². The van der Waals surface area contributed by atoms with Crippen LogP contribution in [-0.4, -0.2) is 30.0 Å². The van der Waals surface area contributed by atoms with Gasteiger partial charge in [0.15, 0.2) is 0 Å². The molecule has 1 aliphatic carbocycles. The molecule has 0 amide bonds. The Morgan fingerprint density at radius 1 is 1.64 bits per heavy atom. The van der Waals surface area contributed by atoms with Crippen LogP contribution in [-0.2, 0) is 4.74 Å². The molecular formula is C8H17NO2. The van der Waals surface area contributed by atoms with Gasteiger partial charge in [0.05, 0.1) is 18.8 Å². The Bertz CT molecular complexity index is 117. The molecule has 0 spiro atoms. The fraction of sp³-hybridized carbons (Fsp3) is 1.00. The fourth-order valence-electron chi connectivity index (χ4n) is 1.40. The van der Waals surface area contributed by atoms with Gasteiger partial charge in [0.1, 0.15) is 0 Å². The molecule has 0 heterocycles. The molecule has 0 radical (unpaired) electrons. The van der Waals surface area contributed by atoms with Crippen LogP contribution in [0.2, 0.25) is 0 Å². The normalized spacial score (nSPS) is 34.1. The number of ether oxygens (including phenoxy) is 1. The highest BCUT2D eigenvalue weighted by Crippen LogP contribution is 2.20. The average Bonchev–Trinajstić information content (AvgIpc) is 2.31. The summed E-state index contributed by atoms with van der Waals surface area (Å²) in [6.45, 7) is 2.17. The van der Waals surface area contributed by atoms with Crippen LogP contribution in [0.3, 0.4) is 0 Å². The number of hydrogen-bond donors (Lipinski definition) is 2. The van der Waals surface area contributed by atoms with Gasteiger partial charge >= 0.3 is 0 Å². The predicted octanol–water partition coefficient (Wildman–Crippen LogP) is 0.264. The van der Waals surface area contributed by atoms with E-state index in [2.05, 4.69) is 0 Å². The molecule has 3 N–H and O–H groups in total. The van der Waals surface area contributed by atoms with Gasteiger partial charge in [-0.2, -0.15) is 0 Å². The molecule has 1 aliphatic rings. The Balaban J connectivity index is 2.08. The maximum atomic E-state index is 8.92. The Hall–Kier alpha value is -0.120. The van der Waals surface area contributed by atoms with Crippen LogP contribution >= 0.6 is 0 Å². The smallest absolute Gasteiger partial charge is 0.0745 e. The standard InChI is InChI=1S/C8H17NO2/c1-6(10)5-11-8-3-2-7(9)4-8/h6-8,10H,2-5,9H2,1H3. The van der Waals surface area contributed by atoms with Gasteiger partial charge < -0.3 is 15.6 Å². The van der Waals surface area contributed by atoms with Crippen LogP contribution in [0.5, 0.6) is 0 Å². The van der Waals surface area contributed by atoms with Crippen molar-refractivity contribution in [1.82, 2.24) is 0 Å². The first-order valence-corrected chi connectivity index (χ1v) is 4.23. The van der Waals surface area contributed by atoms with E-state index in [1.165, 1.54) is 0 Å². The SMILES string of the molecule is CC(O)COC1CCC(N)C1. The van der Waals surface area contributed by atoms with Gasteiger partial charge in [-0.05, 0) is 26.2 Å². The summed E-state index contributed by atoms with van der Waals surface area (Å²) in [5.74, 6) is 0. The number of aliphatic hydroxyl groups excluding tert-OH is 1. The summed E-state index contributed by atoms with van der Waals surface area (Å²) in [5.41, 5.74) is 5.69. The number of nitrogens with two attached hydrogens (primary N) is 1. The van der Waals surface area contributed by atoms with Gasteiger partial charge in [-0.3, -0.25) is 0 Å². The van der Waals surface area contributed by atoms with Crippen LogP contribution < -0.4 is 5.73 Å². The lowest BCUT2D eigenvalue weighted by Crippen LogP contribution is -2.20. The van der Waals surface area contributed by atoms with Crippen molar-refractivity contribution in [2.75, 3.05) is 6.61 Å². The third-order valence-corrected chi connectivity index (χ3v) is 2.00. The van der Waals surface area contributed by atoms with E-state index in [-0.39, 0.29) is 6.10 Å². The Morgan fingerprint density at radius 3 is 2.82 bits per heavy atom. The van der Waals surface area contributed by atoms with Crippen molar-refractivity contribution in [3.8, 4) is 0 Å². The van der Waals surface area contributed by atoms with Crippen molar-refractivity contribution >= 4 is 0 Å². The van der Waals surface area contributed by atoms with Crippen LogP contribution in [0.4, 0.5) is 0 Å². The van der Waals surface area contributed by atoms with E-state index in [1.807, 2.05) is 0 Å². The lowest BCUT2D eigenvalue weighted by atomic mass is 10.3. The van der Waals surface area contributed by atoms with Crippen molar-refractivity contribution < 1.29 is 9.84 Å². The second kappa shape index (κ2) is 4.04. The molecule has 1 saturated carbocycles. The minimum absolute atomic E-state index is 0.291. The first kappa shape index (κ1) is 8.97. The van der Waals surface area contributed by atoms with Crippen LogP contribution in [0, 0.1) is 0 Å². The topological polar surface area (TPSA) is 55.5 Å². The molecular weight excluding hydrogens is 142 g/mol. The van der Waals surface area contributed by atoms with Crippen molar-refractivity contribution in [2.24, 2.45) is 5.73 Å². The minimum atomic E-state index is -0.355. The largest absolute Gasteiger partial charge is 0.391 e. The second-order valence-corrected chi connectivity index (χ2v) is 3.38. The molecule has 3 nitrogen and oxygen atoms in total. The van der Waals surface area contributed by atoms with Crippen LogP contribution in [0.25, 0.3) is 0 Å². The molecule has 3 unspecified atom stereocenters. The molecule has 0 aromatic carbocycles. The molecule has 0 saturated heterocycles. The Morgan fingerprint density at radius 2 is 2.36 bits per heavy atom. The molecule has 3 atom stereocenters. The van der Waals surface area contributed by atoms with E-state index in [0.717, 1.165) is 19.3 Å². The summed E-state index contributed by atoms with van der Waals surface area (Å²) in [5, 5.41) is 8.92. The average molecular weight is 159 g/mol. The molecule has 0 aliphatic heterocycles. The molecule has 66 valence electrons. The van der Waals surface area contributed by atoms with Crippen molar-refractivity contribution in [3.05, 3.63) is 0 Å². The molecule has 3 heteroatoms. The number of aliphatic hydroxyl groups is 1. The quantitative estimate of drug-likeness (QED) is 0.621. The Kier molecular flexibility index (Phi) is 3.30. The zero-order chi connectivity index (χ0) is 8.27. The highest BCUT2D eigenvalue weighted by atomic mass is 16.5. The predicted molar refractivity (Wildman–Crippen MR) is 43.2 cm³/mol. The first-order chi connectivity index (χ1) is 5.18. The lowest BCUT2D eigenvalue weighted by molar-refractivity contribution is 0.000266. The molecule has 0 bridgehead atoms. The molecule has 11 heavy (non-hydrogen) atoms. The van der Waals surface area contributed by atoms with E-state index in [9.17, 15) is 0 Å².